The molecule has 0 radical (unpaired) electrons. The summed E-state index contributed by atoms with van der Waals surface area (Å²) in [5, 5.41) is 28.5. The van der Waals surface area contributed by atoms with Gasteiger partial charge in [-0.2, -0.15) is 0 Å². The van der Waals surface area contributed by atoms with Crippen molar-refractivity contribution in [1.29, 1.82) is 0 Å². The molecule has 3 aliphatic carbocycles. The van der Waals surface area contributed by atoms with E-state index in [0.717, 1.165) is 0 Å². The summed E-state index contributed by atoms with van der Waals surface area (Å²) in [5.41, 5.74) is -4.24. The summed E-state index contributed by atoms with van der Waals surface area (Å²) in [6.45, 7) is 7.45. The highest BCUT2D eigenvalue weighted by molar-refractivity contribution is 5.95. The average Bonchev–Trinajstić information content (AvgIpc) is 3.28. The van der Waals surface area contributed by atoms with E-state index in [1.165, 1.54) is 6.92 Å². The first-order valence-corrected chi connectivity index (χ1v) is 21.8. The topological polar surface area (TPSA) is 212 Å². The summed E-state index contributed by atoms with van der Waals surface area (Å²) >= 11 is 0. The van der Waals surface area contributed by atoms with Gasteiger partial charge in [-0.15, -0.1) is 0 Å². The van der Waals surface area contributed by atoms with Crippen LogP contribution in [0.4, 0.5) is 0 Å². The summed E-state index contributed by atoms with van der Waals surface area (Å²) < 4.78 is 49.4. The van der Waals surface area contributed by atoms with E-state index in [2.05, 4.69) is 5.32 Å². The van der Waals surface area contributed by atoms with E-state index in [-0.39, 0.29) is 43.3 Å². The quantitative estimate of drug-likeness (QED) is 0.157. The molecule has 16 heteroatoms. The fourth-order valence-corrected chi connectivity index (χ4v) is 10.6. The van der Waals surface area contributed by atoms with E-state index in [9.17, 15) is 29.4 Å². The summed E-state index contributed by atoms with van der Waals surface area (Å²) in [7, 11) is 0. The Balaban J connectivity index is 1.28. The number of carbonyl (C=O) groups excluding carboxylic acids is 5. The molecule has 0 unspecified atom stereocenters. The third-order valence-corrected chi connectivity index (χ3v) is 14.1. The number of aliphatic hydroxyl groups excluding tert-OH is 1. The zero-order valence-electron chi connectivity index (χ0n) is 36.9. The van der Waals surface area contributed by atoms with Crippen molar-refractivity contribution in [1.82, 2.24) is 5.32 Å². The number of hydrogen-bond donors (Lipinski definition) is 3. The molecule has 3 aromatic carbocycles. The molecule has 2 saturated heterocycles. The number of benzene rings is 3. The van der Waals surface area contributed by atoms with Crippen LogP contribution in [0.5, 0.6) is 0 Å². The number of amides is 1. The van der Waals surface area contributed by atoms with Crippen molar-refractivity contribution in [3.63, 3.8) is 0 Å². The molecular weight excluding hydrogens is 843 g/mol. The smallest absolute Gasteiger partial charge is 0.338 e. The molecular formula is C49H55NO15. The fraction of sp³-hybridized carbons (Fsp3) is 0.490. The van der Waals surface area contributed by atoms with Crippen molar-refractivity contribution in [2.45, 2.75) is 95.4 Å². The highest BCUT2D eigenvalue weighted by Crippen LogP contribution is 2.63. The third-order valence-electron chi connectivity index (χ3n) is 14.1. The van der Waals surface area contributed by atoms with Gasteiger partial charge in [0.1, 0.15) is 43.6 Å². The predicted molar refractivity (Wildman–Crippen MR) is 227 cm³/mol. The Kier molecular flexibility index (Phi) is 13.2. The van der Waals surface area contributed by atoms with Crippen molar-refractivity contribution in [2.24, 2.45) is 22.7 Å². The number of carbonyl (C=O) groups is 5. The molecule has 4 bridgehead atoms. The lowest BCUT2D eigenvalue weighted by Crippen LogP contribution is -2.78. The van der Waals surface area contributed by atoms with Crippen LogP contribution in [0.2, 0.25) is 0 Å². The van der Waals surface area contributed by atoms with Gasteiger partial charge < -0.3 is 53.4 Å². The lowest BCUT2D eigenvalue weighted by atomic mass is 9.46. The van der Waals surface area contributed by atoms with Crippen molar-refractivity contribution >= 4 is 29.6 Å². The molecule has 0 spiro atoms. The first kappa shape index (κ1) is 46.2. The lowest BCUT2D eigenvalue weighted by Gasteiger charge is -2.65. The molecule has 3 N–H and O–H groups in total. The Morgan fingerprint density at radius 1 is 0.800 bits per heavy atom. The summed E-state index contributed by atoms with van der Waals surface area (Å²) in [4.78, 5) is 71.5. The van der Waals surface area contributed by atoms with Crippen molar-refractivity contribution in [2.75, 3.05) is 33.4 Å². The second-order valence-electron chi connectivity index (χ2n) is 18.0. The number of rotatable bonds is 9. The largest absolute Gasteiger partial charge is 0.462 e. The van der Waals surface area contributed by atoms with Crippen LogP contribution >= 0.6 is 0 Å². The van der Waals surface area contributed by atoms with Gasteiger partial charge in [0.05, 0.1) is 55.0 Å². The Hall–Kier alpha value is -5.33. The highest BCUT2D eigenvalue weighted by Gasteiger charge is 2.75. The number of aliphatic hydroxyl groups is 2. The molecule has 5 aliphatic rings. The number of nitrogens with one attached hydrogen (secondary N) is 1. The van der Waals surface area contributed by atoms with Crippen LogP contribution in [-0.2, 0) is 52.3 Å². The Bertz CT molecular complexity index is 2290. The maximum absolute atomic E-state index is 16.0. The molecule has 346 valence electrons. The van der Waals surface area contributed by atoms with Crippen molar-refractivity contribution < 1.29 is 72.1 Å². The van der Waals surface area contributed by atoms with Crippen LogP contribution in [0.15, 0.2) is 102 Å². The molecule has 2 saturated carbocycles. The van der Waals surface area contributed by atoms with Gasteiger partial charge in [-0.25, -0.2) is 9.59 Å². The van der Waals surface area contributed by atoms with Gasteiger partial charge in [0.25, 0.3) is 5.91 Å². The van der Waals surface area contributed by atoms with Gasteiger partial charge in [-0.3, -0.25) is 14.4 Å². The second kappa shape index (κ2) is 18.5. The van der Waals surface area contributed by atoms with Gasteiger partial charge >= 0.3 is 17.9 Å². The molecule has 1 amide bonds. The lowest BCUT2D eigenvalue weighted by molar-refractivity contribution is -0.322. The van der Waals surface area contributed by atoms with E-state index in [4.69, 9.17) is 37.9 Å². The number of ketones is 1. The summed E-state index contributed by atoms with van der Waals surface area (Å²) in [5.74, 6) is -5.77. The standard InChI is InChI=1S/C49H55NO15/c1-27-33(64-46(56)37(52)36(29-15-9-6-10-16-29)50-44(54)30-17-11-7-12-18-30)23-49(57)42(65-45(55)31-19-13-8-14-20-31)35-38(63-28(2)51)32-24-60-39(32)43-48(35,5)41(53)40(34(27)47(49,3)4)61-25-58-21-22-59-26-62-43/h6-20,32-33,35-40,42-43,52,57H,21-26H2,1-5H3,(H,50,54)/t32-,33-,35-,36-,37+,38-,39-,40+,42-,43-,48+,49+/m0/s1. The van der Waals surface area contributed by atoms with E-state index in [1.54, 1.807) is 119 Å². The molecule has 2 heterocycles. The Morgan fingerprint density at radius 2 is 1.40 bits per heavy atom. The van der Waals surface area contributed by atoms with Crippen LogP contribution in [0.25, 0.3) is 0 Å². The normalized spacial score (nSPS) is 32.8. The Labute approximate surface area is 376 Å². The monoisotopic (exact) mass is 897 g/mol. The molecule has 16 nitrogen and oxygen atoms in total. The van der Waals surface area contributed by atoms with E-state index >= 15 is 4.79 Å². The van der Waals surface area contributed by atoms with Crippen molar-refractivity contribution in [3.05, 3.63) is 119 Å². The highest BCUT2D eigenvalue weighted by atomic mass is 16.7. The minimum absolute atomic E-state index is 0.0797. The maximum Gasteiger partial charge on any atom is 0.338 e. The first-order valence-electron chi connectivity index (χ1n) is 21.8. The number of fused-ring (bicyclic) bond motifs is 6. The Morgan fingerprint density at radius 3 is 2.00 bits per heavy atom. The third kappa shape index (κ3) is 8.30. The van der Waals surface area contributed by atoms with Crippen LogP contribution in [0, 0.1) is 22.7 Å². The van der Waals surface area contributed by atoms with Crippen molar-refractivity contribution in [3.8, 4) is 0 Å². The predicted octanol–water partition coefficient (Wildman–Crippen LogP) is 4.03. The van der Waals surface area contributed by atoms with Crippen LogP contribution in [0.1, 0.15) is 73.4 Å². The van der Waals surface area contributed by atoms with Crippen LogP contribution in [-0.4, -0.2) is 122 Å². The SMILES string of the molecule is CC(=O)O[C@H]1[C@@H]2CO[C@@H]2[C@@H]2OCOCCOCO[C@H]3C(=O)[C@@]2(C)[C@@H]1[C@H](OC(=O)c1ccccc1)[C@]1(O)C[C@H](OC(=O)[C@H](O)[C@@H](NC(=O)c2ccccc2)c2ccccc2)C(C)=C3C1(C)C. The number of ether oxygens (including phenoxy) is 8. The maximum atomic E-state index is 16.0. The van der Waals surface area contributed by atoms with E-state index in [0.29, 0.717) is 11.1 Å². The molecule has 8 rings (SSSR count). The van der Waals surface area contributed by atoms with Gasteiger partial charge in [0.15, 0.2) is 11.9 Å². The van der Waals surface area contributed by atoms with Gasteiger partial charge in [-0.1, -0.05) is 80.6 Å². The molecule has 12 atom stereocenters. The fourth-order valence-electron chi connectivity index (χ4n) is 10.6. The molecule has 0 aromatic heterocycles. The second-order valence-corrected chi connectivity index (χ2v) is 18.0. The molecule has 65 heavy (non-hydrogen) atoms. The van der Waals surface area contributed by atoms with Gasteiger partial charge in [0, 0.05) is 30.2 Å². The molecule has 4 fully saturated rings. The minimum atomic E-state index is -2.26. The van der Waals surface area contributed by atoms with Gasteiger partial charge in [-0.05, 0) is 54.8 Å². The summed E-state index contributed by atoms with van der Waals surface area (Å²) in [6, 6.07) is 23.5. The minimum Gasteiger partial charge on any atom is -0.462 e. The average molecular weight is 898 g/mol. The van der Waals surface area contributed by atoms with E-state index < -0.39 is 120 Å². The molecule has 2 aliphatic heterocycles. The first-order chi connectivity index (χ1) is 31.1. The van der Waals surface area contributed by atoms with Crippen LogP contribution < -0.4 is 5.32 Å². The van der Waals surface area contributed by atoms with Crippen LogP contribution in [0.3, 0.4) is 0 Å². The number of hydrogen-bond acceptors (Lipinski definition) is 15. The molecule has 3 aromatic rings. The summed E-state index contributed by atoms with van der Waals surface area (Å²) in [6.07, 6.45) is -10.1. The number of esters is 3. The zero-order valence-corrected chi connectivity index (χ0v) is 36.9. The van der Waals surface area contributed by atoms with Gasteiger partial charge in [0.2, 0.25) is 0 Å². The van der Waals surface area contributed by atoms with E-state index in [1.807, 2.05) is 0 Å². The number of Topliss-reactive ketones (excluding diaryl/α,β-unsaturated/α-hetero) is 1. The zero-order chi connectivity index (χ0) is 46.3.